The van der Waals surface area contributed by atoms with Crippen molar-refractivity contribution in [2.75, 3.05) is 24.7 Å². The van der Waals surface area contributed by atoms with Crippen LogP contribution in [-0.4, -0.2) is 45.1 Å². The van der Waals surface area contributed by atoms with Crippen molar-refractivity contribution in [3.05, 3.63) is 0 Å². The summed E-state index contributed by atoms with van der Waals surface area (Å²) in [7, 11) is -2.89. The second-order valence-electron chi connectivity index (χ2n) is 6.01. The molecule has 106 valence electrons. The lowest BCUT2D eigenvalue weighted by atomic mass is 9.93. The van der Waals surface area contributed by atoms with Crippen LogP contribution in [-0.2, 0) is 19.4 Å². The molecule has 0 aliphatic carbocycles. The summed E-state index contributed by atoms with van der Waals surface area (Å²) in [6.07, 6.45) is 1.40. The van der Waals surface area contributed by atoms with Crippen LogP contribution in [0.1, 0.15) is 33.6 Å². The fraction of sp³-hybridized carbons (Fsp3) is 0.917. The van der Waals surface area contributed by atoms with Gasteiger partial charge >= 0.3 is 5.97 Å². The molecular weight excluding hydrogens is 254 g/mol. The lowest BCUT2D eigenvalue weighted by Gasteiger charge is -2.17. The molecule has 1 atom stereocenters. The highest BCUT2D eigenvalue weighted by atomic mass is 32.2. The summed E-state index contributed by atoms with van der Waals surface area (Å²) in [5.74, 6) is 0.0231. The number of rotatable bonds is 5. The molecule has 1 heterocycles. The Morgan fingerprint density at radius 1 is 1.39 bits per heavy atom. The number of hydrogen-bond acceptors (Lipinski definition) is 5. The zero-order valence-corrected chi connectivity index (χ0v) is 12.2. The number of nitrogens with one attached hydrogen (secondary N) is 1. The van der Waals surface area contributed by atoms with Crippen LogP contribution in [0.25, 0.3) is 0 Å². The van der Waals surface area contributed by atoms with Crippen LogP contribution >= 0.6 is 0 Å². The summed E-state index contributed by atoms with van der Waals surface area (Å²) in [5, 5.41) is 2.93. The second-order valence-corrected chi connectivity index (χ2v) is 8.24. The molecule has 1 unspecified atom stereocenters. The molecule has 1 fully saturated rings. The predicted octanol–water partition coefficient (Wildman–Crippen LogP) is 0.743. The topological polar surface area (TPSA) is 72.5 Å². The largest absolute Gasteiger partial charge is 0.465 e. The zero-order valence-electron chi connectivity index (χ0n) is 11.4. The molecule has 0 aromatic heterocycles. The van der Waals surface area contributed by atoms with Crippen molar-refractivity contribution in [2.24, 2.45) is 5.41 Å². The Morgan fingerprint density at radius 3 is 2.56 bits per heavy atom. The summed E-state index contributed by atoms with van der Waals surface area (Å²) in [6.45, 7) is 6.75. The van der Waals surface area contributed by atoms with Gasteiger partial charge in [-0.05, 0) is 18.3 Å². The van der Waals surface area contributed by atoms with E-state index in [1.807, 2.05) is 0 Å². The predicted molar refractivity (Wildman–Crippen MR) is 70.1 cm³/mol. The van der Waals surface area contributed by atoms with Crippen molar-refractivity contribution < 1.29 is 17.9 Å². The van der Waals surface area contributed by atoms with Crippen LogP contribution in [0.5, 0.6) is 0 Å². The average molecular weight is 277 g/mol. The number of hydrogen-bond donors (Lipinski definition) is 1. The molecular formula is C12H23NO4S. The second kappa shape index (κ2) is 6.02. The molecule has 6 heteroatoms. The third-order valence-corrected chi connectivity index (χ3v) is 4.65. The van der Waals surface area contributed by atoms with Crippen molar-refractivity contribution in [3.63, 3.8) is 0 Å². The van der Waals surface area contributed by atoms with Gasteiger partial charge in [0.1, 0.15) is 0 Å². The quantitative estimate of drug-likeness (QED) is 0.751. The van der Waals surface area contributed by atoms with Crippen LogP contribution < -0.4 is 5.32 Å². The maximum absolute atomic E-state index is 11.4. The Labute approximate surface area is 109 Å². The third kappa shape index (κ3) is 6.35. The van der Waals surface area contributed by atoms with Crippen LogP contribution in [0, 0.1) is 5.41 Å². The fourth-order valence-corrected chi connectivity index (χ4v) is 3.41. The van der Waals surface area contributed by atoms with E-state index in [1.165, 1.54) is 0 Å². The van der Waals surface area contributed by atoms with E-state index in [9.17, 15) is 13.2 Å². The standard InChI is InChI=1S/C12H23NO4S/c1-12(2,3)5-6-17-11(14)8-13-10-4-7-18(15,16)9-10/h10,13H,4-9H2,1-3H3. The molecule has 1 N–H and O–H groups in total. The maximum atomic E-state index is 11.4. The van der Waals surface area contributed by atoms with Gasteiger partial charge in [-0.15, -0.1) is 0 Å². The van der Waals surface area contributed by atoms with Gasteiger partial charge < -0.3 is 10.1 Å². The van der Waals surface area contributed by atoms with Gasteiger partial charge in [-0.3, -0.25) is 4.79 Å². The van der Waals surface area contributed by atoms with Crippen LogP contribution in [0.2, 0.25) is 0 Å². The molecule has 1 aliphatic rings. The van der Waals surface area contributed by atoms with E-state index >= 15 is 0 Å². The molecule has 18 heavy (non-hydrogen) atoms. The minimum atomic E-state index is -2.89. The van der Waals surface area contributed by atoms with Crippen molar-refractivity contribution in [3.8, 4) is 0 Å². The molecule has 0 aromatic carbocycles. The highest BCUT2D eigenvalue weighted by Crippen LogP contribution is 2.17. The molecule has 0 aromatic rings. The first kappa shape index (κ1) is 15.4. The van der Waals surface area contributed by atoms with E-state index in [0.717, 1.165) is 6.42 Å². The highest BCUT2D eigenvalue weighted by Gasteiger charge is 2.27. The Kier molecular flexibility index (Phi) is 5.16. The molecule has 0 amide bonds. The van der Waals surface area contributed by atoms with Crippen molar-refractivity contribution in [1.29, 1.82) is 0 Å². The summed E-state index contributed by atoms with van der Waals surface area (Å²) >= 11 is 0. The monoisotopic (exact) mass is 277 g/mol. The van der Waals surface area contributed by atoms with Gasteiger partial charge in [0.2, 0.25) is 0 Å². The van der Waals surface area contributed by atoms with E-state index in [0.29, 0.717) is 13.0 Å². The van der Waals surface area contributed by atoms with E-state index in [-0.39, 0.29) is 35.5 Å². The first-order valence-electron chi connectivity index (χ1n) is 6.27. The number of esters is 1. The number of sulfone groups is 1. The van der Waals surface area contributed by atoms with E-state index in [4.69, 9.17) is 4.74 Å². The number of carbonyl (C=O) groups is 1. The fourth-order valence-electron chi connectivity index (χ4n) is 1.71. The molecule has 1 saturated heterocycles. The van der Waals surface area contributed by atoms with E-state index < -0.39 is 9.84 Å². The van der Waals surface area contributed by atoms with Crippen LogP contribution in [0.4, 0.5) is 0 Å². The van der Waals surface area contributed by atoms with Crippen molar-refractivity contribution >= 4 is 15.8 Å². The van der Waals surface area contributed by atoms with Gasteiger partial charge in [-0.25, -0.2) is 8.42 Å². The normalized spacial score (nSPS) is 22.9. The molecule has 0 bridgehead atoms. The van der Waals surface area contributed by atoms with Gasteiger partial charge in [0, 0.05) is 6.04 Å². The maximum Gasteiger partial charge on any atom is 0.319 e. The molecule has 0 radical (unpaired) electrons. The first-order valence-corrected chi connectivity index (χ1v) is 8.09. The average Bonchev–Trinajstić information content (AvgIpc) is 2.53. The lowest BCUT2D eigenvalue weighted by molar-refractivity contribution is -0.143. The van der Waals surface area contributed by atoms with Crippen molar-refractivity contribution in [2.45, 2.75) is 39.7 Å². The molecule has 1 rings (SSSR count). The Balaban J connectivity index is 2.15. The summed E-state index contributed by atoms with van der Waals surface area (Å²) in [6, 6.07) is -0.106. The highest BCUT2D eigenvalue weighted by molar-refractivity contribution is 7.91. The van der Waals surface area contributed by atoms with Gasteiger partial charge in [0.15, 0.2) is 9.84 Å². The molecule has 5 nitrogen and oxygen atoms in total. The Bertz CT molecular complexity index is 383. The molecule has 1 aliphatic heterocycles. The zero-order chi connectivity index (χ0) is 13.8. The molecule has 0 spiro atoms. The Hall–Kier alpha value is -0.620. The van der Waals surface area contributed by atoms with Crippen LogP contribution in [0.15, 0.2) is 0 Å². The lowest BCUT2D eigenvalue weighted by Crippen LogP contribution is -2.35. The minimum Gasteiger partial charge on any atom is -0.465 e. The Morgan fingerprint density at radius 2 is 2.06 bits per heavy atom. The summed E-state index contributed by atoms with van der Waals surface area (Å²) in [5.41, 5.74) is 0.146. The van der Waals surface area contributed by atoms with Gasteiger partial charge in [0.05, 0.1) is 24.7 Å². The minimum absolute atomic E-state index is 0.0876. The van der Waals surface area contributed by atoms with Gasteiger partial charge in [-0.1, -0.05) is 20.8 Å². The number of carbonyl (C=O) groups excluding carboxylic acids is 1. The van der Waals surface area contributed by atoms with Crippen LogP contribution in [0.3, 0.4) is 0 Å². The molecule has 0 saturated carbocycles. The third-order valence-electron chi connectivity index (χ3n) is 2.88. The van der Waals surface area contributed by atoms with E-state index in [1.54, 1.807) is 0 Å². The first-order chi connectivity index (χ1) is 8.18. The SMILES string of the molecule is CC(C)(C)CCOC(=O)CNC1CCS(=O)(=O)C1. The van der Waals surface area contributed by atoms with E-state index in [2.05, 4.69) is 26.1 Å². The van der Waals surface area contributed by atoms with Gasteiger partial charge in [-0.2, -0.15) is 0 Å². The van der Waals surface area contributed by atoms with Crippen molar-refractivity contribution in [1.82, 2.24) is 5.32 Å². The summed E-state index contributed by atoms with van der Waals surface area (Å²) < 4.78 is 27.5. The number of ether oxygens (including phenoxy) is 1. The summed E-state index contributed by atoms with van der Waals surface area (Å²) in [4.78, 5) is 11.4. The smallest absolute Gasteiger partial charge is 0.319 e. The van der Waals surface area contributed by atoms with Gasteiger partial charge in [0.25, 0.3) is 0 Å².